The number of hydrogen-bond acceptors (Lipinski definition) is 6. The minimum Gasteiger partial charge on any atom is -0.497 e. The Kier molecular flexibility index (Phi) is 4.77. The molecule has 0 fully saturated rings. The lowest BCUT2D eigenvalue weighted by atomic mass is 10.1. The van der Waals surface area contributed by atoms with Crippen LogP contribution in [0.4, 0.5) is 0 Å². The quantitative estimate of drug-likeness (QED) is 0.494. The Morgan fingerprint density at radius 1 is 1.25 bits per heavy atom. The highest BCUT2D eigenvalue weighted by atomic mass is 32.1. The summed E-state index contributed by atoms with van der Waals surface area (Å²) in [6.07, 6.45) is 4.76. The number of benzene rings is 1. The summed E-state index contributed by atoms with van der Waals surface area (Å²) < 4.78 is 15.7. The first-order valence-corrected chi connectivity index (χ1v) is 8.03. The third-order valence-corrected chi connectivity index (χ3v) is 4.21. The van der Waals surface area contributed by atoms with Gasteiger partial charge in [-0.3, -0.25) is 4.79 Å². The van der Waals surface area contributed by atoms with Crippen LogP contribution in [0.3, 0.4) is 0 Å². The number of aromatic nitrogens is 1. The fourth-order valence-corrected chi connectivity index (χ4v) is 2.88. The van der Waals surface area contributed by atoms with Crippen molar-refractivity contribution in [2.45, 2.75) is 0 Å². The van der Waals surface area contributed by atoms with Crippen molar-refractivity contribution in [3.63, 3.8) is 0 Å². The molecule has 0 aliphatic carbocycles. The second-order valence-electron chi connectivity index (χ2n) is 4.82. The van der Waals surface area contributed by atoms with E-state index in [-0.39, 0.29) is 5.78 Å². The molecule has 0 amide bonds. The normalized spacial score (nSPS) is 10.9. The molecule has 122 valence electrons. The van der Waals surface area contributed by atoms with Gasteiger partial charge in [0.1, 0.15) is 11.5 Å². The summed E-state index contributed by atoms with van der Waals surface area (Å²) in [5.41, 5.74) is 1.17. The second kappa shape index (κ2) is 7.14. The third-order valence-electron chi connectivity index (χ3n) is 3.33. The van der Waals surface area contributed by atoms with E-state index in [1.807, 2.05) is 17.5 Å². The number of thiazole rings is 1. The predicted octanol–water partition coefficient (Wildman–Crippen LogP) is 4.32. The topological polar surface area (TPSA) is 61.6 Å². The van der Waals surface area contributed by atoms with Gasteiger partial charge in [0.2, 0.25) is 0 Å². The van der Waals surface area contributed by atoms with E-state index in [0.29, 0.717) is 28.5 Å². The number of rotatable bonds is 6. The average molecular weight is 341 g/mol. The fraction of sp³-hybridized carbons (Fsp3) is 0.111. The van der Waals surface area contributed by atoms with Crippen LogP contribution in [-0.4, -0.2) is 25.0 Å². The highest BCUT2D eigenvalue weighted by molar-refractivity contribution is 7.13. The Hall–Kier alpha value is -2.86. The molecule has 6 heteroatoms. The van der Waals surface area contributed by atoms with Crippen LogP contribution in [-0.2, 0) is 0 Å². The Morgan fingerprint density at radius 3 is 2.83 bits per heavy atom. The molecule has 24 heavy (non-hydrogen) atoms. The van der Waals surface area contributed by atoms with Crippen LogP contribution in [0.1, 0.15) is 16.1 Å². The van der Waals surface area contributed by atoms with Crippen molar-refractivity contribution in [2.24, 2.45) is 0 Å². The van der Waals surface area contributed by atoms with Crippen molar-refractivity contribution in [1.29, 1.82) is 0 Å². The molecule has 0 bridgehead atoms. The van der Waals surface area contributed by atoms with Crippen molar-refractivity contribution >= 4 is 23.2 Å². The molecule has 2 aromatic heterocycles. The van der Waals surface area contributed by atoms with Crippen molar-refractivity contribution in [3.05, 3.63) is 59.3 Å². The van der Waals surface area contributed by atoms with E-state index in [1.165, 1.54) is 24.5 Å². The molecule has 1 aromatic carbocycles. The zero-order valence-electron chi connectivity index (χ0n) is 13.2. The van der Waals surface area contributed by atoms with Crippen LogP contribution in [0, 0.1) is 0 Å². The fourth-order valence-electron chi connectivity index (χ4n) is 2.13. The van der Waals surface area contributed by atoms with E-state index in [1.54, 1.807) is 37.6 Å². The molecule has 0 saturated carbocycles. The van der Waals surface area contributed by atoms with Gasteiger partial charge in [-0.1, -0.05) is 0 Å². The lowest BCUT2D eigenvalue weighted by Crippen LogP contribution is -1.99. The van der Waals surface area contributed by atoms with Gasteiger partial charge in [-0.2, -0.15) is 0 Å². The van der Waals surface area contributed by atoms with Crippen LogP contribution >= 0.6 is 11.3 Å². The van der Waals surface area contributed by atoms with Gasteiger partial charge >= 0.3 is 0 Å². The maximum Gasteiger partial charge on any atom is 0.189 e. The third kappa shape index (κ3) is 3.38. The molecule has 0 N–H and O–H groups in total. The number of furan rings is 1. The summed E-state index contributed by atoms with van der Waals surface area (Å²) in [5.74, 6) is 1.65. The summed E-state index contributed by atoms with van der Waals surface area (Å²) >= 11 is 1.46. The number of methoxy groups -OCH3 is 2. The molecule has 0 atom stereocenters. The zero-order chi connectivity index (χ0) is 16.9. The monoisotopic (exact) mass is 341 g/mol. The average Bonchev–Trinajstić information content (AvgIpc) is 3.30. The second-order valence-corrected chi connectivity index (χ2v) is 5.68. The van der Waals surface area contributed by atoms with E-state index in [9.17, 15) is 4.79 Å². The molecule has 0 saturated heterocycles. The van der Waals surface area contributed by atoms with E-state index in [2.05, 4.69) is 4.98 Å². The number of allylic oxidation sites excluding steroid dienone is 1. The maximum absolute atomic E-state index is 12.4. The Labute approximate surface area is 143 Å². The molecule has 0 unspecified atom stereocenters. The molecule has 3 aromatic rings. The lowest BCUT2D eigenvalue weighted by molar-refractivity contribution is 0.104. The minimum absolute atomic E-state index is 0.165. The molecular weight excluding hydrogens is 326 g/mol. The van der Waals surface area contributed by atoms with Gasteiger partial charge in [0, 0.05) is 11.4 Å². The van der Waals surface area contributed by atoms with E-state index in [0.717, 1.165) is 5.01 Å². The summed E-state index contributed by atoms with van der Waals surface area (Å²) in [6, 6.07) is 8.74. The Bertz CT molecular complexity index is 865. The Morgan fingerprint density at radius 2 is 2.12 bits per heavy atom. The number of carbonyl (C=O) groups is 1. The molecule has 0 spiro atoms. The maximum atomic E-state index is 12.4. The standard InChI is InChI=1S/C18H15NO4S/c1-21-13-6-7-14(17(10-13)22-2)15(20)8-5-12-11-24-18(19-12)16-4-3-9-23-16/h3-11H,1-2H3/b8-5+. The van der Waals surface area contributed by atoms with Crippen molar-refractivity contribution in [2.75, 3.05) is 14.2 Å². The lowest BCUT2D eigenvalue weighted by Gasteiger charge is -2.07. The number of hydrogen-bond donors (Lipinski definition) is 0. The smallest absolute Gasteiger partial charge is 0.189 e. The van der Waals surface area contributed by atoms with Crippen LogP contribution in [0.15, 0.2) is 52.5 Å². The van der Waals surface area contributed by atoms with E-state index < -0.39 is 0 Å². The van der Waals surface area contributed by atoms with Gasteiger partial charge in [-0.05, 0) is 36.4 Å². The highest BCUT2D eigenvalue weighted by Crippen LogP contribution is 2.26. The van der Waals surface area contributed by atoms with Crippen LogP contribution in [0.5, 0.6) is 11.5 Å². The number of nitrogens with zero attached hydrogens (tertiary/aromatic N) is 1. The van der Waals surface area contributed by atoms with Crippen LogP contribution in [0.25, 0.3) is 16.8 Å². The number of ketones is 1. The number of carbonyl (C=O) groups excluding carboxylic acids is 1. The molecule has 2 heterocycles. The van der Waals surface area contributed by atoms with Gasteiger partial charge in [-0.25, -0.2) is 4.98 Å². The zero-order valence-corrected chi connectivity index (χ0v) is 14.0. The van der Waals surface area contributed by atoms with Crippen molar-refractivity contribution in [3.8, 4) is 22.3 Å². The van der Waals surface area contributed by atoms with Crippen LogP contribution in [0.2, 0.25) is 0 Å². The first-order valence-electron chi connectivity index (χ1n) is 7.15. The summed E-state index contributed by atoms with van der Waals surface area (Å²) in [5, 5.41) is 2.64. The van der Waals surface area contributed by atoms with Gasteiger partial charge in [0.25, 0.3) is 0 Å². The molecule has 0 aliphatic heterocycles. The first kappa shape index (κ1) is 16.0. The van der Waals surface area contributed by atoms with Crippen molar-refractivity contribution in [1.82, 2.24) is 4.98 Å². The molecule has 5 nitrogen and oxygen atoms in total. The summed E-state index contributed by atoms with van der Waals surface area (Å²) in [6.45, 7) is 0. The van der Waals surface area contributed by atoms with E-state index in [4.69, 9.17) is 13.9 Å². The van der Waals surface area contributed by atoms with E-state index >= 15 is 0 Å². The van der Waals surface area contributed by atoms with Gasteiger partial charge in [-0.15, -0.1) is 11.3 Å². The summed E-state index contributed by atoms with van der Waals surface area (Å²) in [4.78, 5) is 16.8. The Balaban J connectivity index is 1.78. The van der Waals surface area contributed by atoms with Gasteiger partial charge < -0.3 is 13.9 Å². The highest BCUT2D eigenvalue weighted by Gasteiger charge is 2.11. The number of ether oxygens (including phenoxy) is 2. The summed E-state index contributed by atoms with van der Waals surface area (Å²) in [7, 11) is 3.08. The molecule has 3 rings (SSSR count). The molecule has 0 radical (unpaired) electrons. The van der Waals surface area contributed by atoms with Gasteiger partial charge in [0.05, 0.1) is 31.7 Å². The predicted molar refractivity (Wildman–Crippen MR) is 92.7 cm³/mol. The minimum atomic E-state index is -0.165. The van der Waals surface area contributed by atoms with Crippen molar-refractivity contribution < 1.29 is 18.7 Å². The largest absolute Gasteiger partial charge is 0.497 e. The SMILES string of the molecule is COc1ccc(C(=O)/C=C/c2csc(-c3ccco3)n2)c(OC)c1. The van der Waals surface area contributed by atoms with Crippen LogP contribution < -0.4 is 9.47 Å². The first-order chi connectivity index (χ1) is 11.7. The van der Waals surface area contributed by atoms with Gasteiger partial charge in [0.15, 0.2) is 16.6 Å². The molecular formula is C18H15NO4S. The molecule has 0 aliphatic rings.